The van der Waals surface area contributed by atoms with Crippen molar-refractivity contribution in [1.82, 2.24) is 13.9 Å². The molecule has 0 aliphatic carbocycles. The van der Waals surface area contributed by atoms with Gasteiger partial charge in [-0.1, -0.05) is 19.9 Å². The Hall–Kier alpha value is -2.23. The molecule has 1 saturated heterocycles. The first-order valence-electron chi connectivity index (χ1n) is 9.74. The lowest BCUT2D eigenvalue weighted by molar-refractivity contribution is -0.118. The van der Waals surface area contributed by atoms with Crippen LogP contribution in [-0.2, 0) is 19.6 Å². The van der Waals surface area contributed by atoms with Crippen LogP contribution < -0.4 is 5.32 Å². The summed E-state index contributed by atoms with van der Waals surface area (Å²) in [6.07, 6.45) is 3.46. The molecule has 2 aromatic rings. The third-order valence-corrected chi connectivity index (χ3v) is 7.10. The predicted octanol–water partition coefficient (Wildman–Crippen LogP) is 2.54. The first-order valence-corrected chi connectivity index (χ1v) is 11.2. The summed E-state index contributed by atoms with van der Waals surface area (Å²) in [6.45, 7) is 9.01. The predicted molar refractivity (Wildman–Crippen MR) is 110 cm³/mol. The average Bonchev–Trinajstić information content (AvgIpc) is 3.19. The third kappa shape index (κ3) is 4.52. The first-order chi connectivity index (χ1) is 13.7. The van der Waals surface area contributed by atoms with Gasteiger partial charge in [-0.3, -0.25) is 4.79 Å². The summed E-state index contributed by atoms with van der Waals surface area (Å²) in [7, 11) is -3.65. The largest absolute Gasteiger partial charge is 0.379 e. The van der Waals surface area contributed by atoms with Gasteiger partial charge in [-0.25, -0.2) is 13.4 Å². The number of benzene rings is 1. The summed E-state index contributed by atoms with van der Waals surface area (Å²) in [5, 5.41) is 2.84. The number of rotatable bonds is 6. The first kappa shape index (κ1) is 21.5. The highest BCUT2D eigenvalue weighted by Crippen LogP contribution is 2.25. The van der Waals surface area contributed by atoms with Crippen molar-refractivity contribution in [3.63, 3.8) is 0 Å². The molecule has 0 radical (unpaired) electrons. The molecule has 1 aromatic carbocycles. The van der Waals surface area contributed by atoms with Crippen molar-refractivity contribution in [3.05, 3.63) is 42.0 Å². The van der Waals surface area contributed by atoms with Gasteiger partial charge in [0.25, 0.3) is 0 Å². The molecule has 1 amide bonds. The minimum absolute atomic E-state index is 0.185. The van der Waals surface area contributed by atoms with E-state index in [0.29, 0.717) is 37.6 Å². The molecule has 1 fully saturated rings. The van der Waals surface area contributed by atoms with Crippen LogP contribution in [0.1, 0.15) is 44.1 Å². The Kier molecular flexibility index (Phi) is 6.40. The van der Waals surface area contributed by atoms with Gasteiger partial charge in [0.2, 0.25) is 15.9 Å². The number of amides is 1. The number of hydrogen-bond acceptors (Lipinski definition) is 5. The fraction of sp³-hybridized carbons (Fsp3) is 0.500. The second kappa shape index (κ2) is 8.64. The maximum Gasteiger partial charge on any atom is 0.247 e. The molecule has 1 atom stereocenters. The van der Waals surface area contributed by atoms with Crippen molar-refractivity contribution < 1.29 is 17.9 Å². The molecule has 0 spiro atoms. The Morgan fingerprint density at radius 2 is 1.90 bits per heavy atom. The Bertz CT molecular complexity index is 978. The van der Waals surface area contributed by atoms with Crippen LogP contribution in [0.25, 0.3) is 0 Å². The van der Waals surface area contributed by atoms with E-state index in [9.17, 15) is 13.2 Å². The van der Waals surface area contributed by atoms with Crippen LogP contribution >= 0.6 is 0 Å². The number of aryl methyl sites for hydroxylation is 1. The van der Waals surface area contributed by atoms with Gasteiger partial charge in [-0.15, -0.1) is 0 Å². The standard InChI is InChI=1S/C20H28N4O4S/c1-14(2)19-21-7-8-24(19)16(4)20(25)22-17-6-5-15(3)18(13-17)29(26,27)23-9-11-28-12-10-23/h5-8,13-14,16H,9-12H2,1-4H3,(H,22,25)/t16-/m1/s1. The normalized spacial score (nSPS) is 16.7. The average molecular weight is 421 g/mol. The molecule has 0 bridgehead atoms. The van der Waals surface area contributed by atoms with Crippen LogP contribution in [0.4, 0.5) is 5.69 Å². The lowest BCUT2D eigenvalue weighted by Gasteiger charge is -2.27. The Balaban J connectivity index is 1.82. The van der Waals surface area contributed by atoms with E-state index < -0.39 is 16.1 Å². The molecule has 0 unspecified atom stereocenters. The lowest BCUT2D eigenvalue weighted by Crippen LogP contribution is -2.40. The van der Waals surface area contributed by atoms with E-state index in [1.165, 1.54) is 10.4 Å². The molecule has 9 heteroatoms. The fourth-order valence-corrected chi connectivity index (χ4v) is 5.01. The highest BCUT2D eigenvalue weighted by atomic mass is 32.2. The van der Waals surface area contributed by atoms with Crippen LogP contribution in [0.3, 0.4) is 0 Å². The van der Waals surface area contributed by atoms with Crippen LogP contribution in [-0.4, -0.2) is 54.5 Å². The van der Waals surface area contributed by atoms with Crippen LogP contribution in [0.2, 0.25) is 0 Å². The quantitative estimate of drug-likeness (QED) is 0.775. The molecule has 1 N–H and O–H groups in total. The van der Waals surface area contributed by atoms with Crippen molar-refractivity contribution >= 4 is 21.6 Å². The minimum Gasteiger partial charge on any atom is -0.379 e. The zero-order chi connectivity index (χ0) is 21.2. The van der Waals surface area contributed by atoms with Crippen LogP contribution in [0.15, 0.2) is 35.5 Å². The van der Waals surface area contributed by atoms with Crippen molar-refractivity contribution in [3.8, 4) is 0 Å². The number of ether oxygens (including phenoxy) is 1. The summed E-state index contributed by atoms with van der Waals surface area (Å²) in [5.41, 5.74) is 1.09. The minimum atomic E-state index is -3.65. The fourth-order valence-electron chi connectivity index (χ4n) is 3.35. The van der Waals surface area contributed by atoms with Gasteiger partial charge in [0, 0.05) is 37.1 Å². The molecule has 0 saturated carbocycles. The lowest BCUT2D eigenvalue weighted by atomic mass is 10.2. The van der Waals surface area contributed by atoms with Gasteiger partial charge in [0.1, 0.15) is 11.9 Å². The highest BCUT2D eigenvalue weighted by Gasteiger charge is 2.28. The van der Waals surface area contributed by atoms with Gasteiger partial charge in [-0.2, -0.15) is 4.31 Å². The van der Waals surface area contributed by atoms with Crippen LogP contribution in [0, 0.1) is 6.92 Å². The Labute approximate surface area is 171 Å². The maximum atomic E-state index is 13.0. The van der Waals surface area contributed by atoms with Gasteiger partial charge < -0.3 is 14.6 Å². The van der Waals surface area contributed by atoms with Gasteiger partial charge >= 0.3 is 0 Å². The second-order valence-electron chi connectivity index (χ2n) is 7.51. The monoisotopic (exact) mass is 420 g/mol. The summed E-state index contributed by atoms with van der Waals surface area (Å²) >= 11 is 0. The van der Waals surface area contributed by atoms with E-state index >= 15 is 0 Å². The van der Waals surface area contributed by atoms with Crippen molar-refractivity contribution in [2.24, 2.45) is 0 Å². The molecular formula is C20H28N4O4S. The second-order valence-corrected chi connectivity index (χ2v) is 9.42. The zero-order valence-corrected chi connectivity index (χ0v) is 18.1. The topological polar surface area (TPSA) is 93.5 Å². The molecule has 29 heavy (non-hydrogen) atoms. The van der Waals surface area contributed by atoms with E-state index in [2.05, 4.69) is 10.3 Å². The molecule has 1 aromatic heterocycles. The number of anilines is 1. The van der Waals surface area contributed by atoms with Crippen molar-refractivity contribution in [2.75, 3.05) is 31.6 Å². The van der Waals surface area contributed by atoms with E-state index in [1.807, 2.05) is 18.4 Å². The summed E-state index contributed by atoms with van der Waals surface area (Å²) in [4.78, 5) is 17.3. The number of carbonyl (C=O) groups excluding carboxylic acids is 1. The summed E-state index contributed by atoms with van der Waals surface area (Å²) < 4.78 is 34.6. The third-order valence-electron chi connectivity index (χ3n) is 5.06. The number of nitrogens with one attached hydrogen (secondary N) is 1. The van der Waals surface area contributed by atoms with E-state index in [0.717, 1.165) is 5.82 Å². The number of sulfonamides is 1. The van der Waals surface area contributed by atoms with Gasteiger partial charge in [0.05, 0.1) is 18.1 Å². The molecule has 1 aliphatic rings. The molecule has 1 aliphatic heterocycles. The summed E-state index contributed by atoms with van der Waals surface area (Å²) in [6, 6.07) is 4.48. The number of hydrogen-bond donors (Lipinski definition) is 1. The van der Waals surface area contributed by atoms with Crippen LogP contribution in [0.5, 0.6) is 0 Å². The zero-order valence-electron chi connectivity index (χ0n) is 17.3. The number of aromatic nitrogens is 2. The van der Waals surface area contributed by atoms with Gasteiger partial charge in [0.15, 0.2) is 0 Å². The summed E-state index contributed by atoms with van der Waals surface area (Å²) in [5.74, 6) is 0.778. The number of nitrogens with zero attached hydrogens (tertiary/aromatic N) is 3. The Morgan fingerprint density at radius 1 is 1.21 bits per heavy atom. The SMILES string of the molecule is Cc1ccc(NC(=O)[C@@H](C)n2ccnc2C(C)C)cc1S(=O)(=O)N1CCOCC1. The molecular weight excluding hydrogens is 392 g/mol. The van der Waals surface area contributed by atoms with Crippen molar-refractivity contribution in [1.29, 1.82) is 0 Å². The number of imidazole rings is 1. The molecule has 158 valence electrons. The molecule has 3 rings (SSSR count). The van der Waals surface area contributed by atoms with Crippen molar-refractivity contribution in [2.45, 2.75) is 44.6 Å². The van der Waals surface area contributed by atoms with E-state index in [1.54, 1.807) is 38.4 Å². The highest BCUT2D eigenvalue weighted by molar-refractivity contribution is 7.89. The number of carbonyl (C=O) groups is 1. The smallest absolute Gasteiger partial charge is 0.247 e. The Morgan fingerprint density at radius 3 is 2.55 bits per heavy atom. The number of morpholine rings is 1. The maximum absolute atomic E-state index is 13.0. The molecule has 2 heterocycles. The van der Waals surface area contributed by atoms with Gasteiger partial charge in [-0.05, 0) is 31.5 Å². The van der Waals surface area contributed by atoms with E-state index in [4.69, 9.17) is 4.74 Å². The van der Waals surface area contributed by atoms with E-state index in [-0.39, 0.29) is 16.7 Å². The molecule has 8 nitrogen and oxygen atoms in total.